The van der Waals surface area contributed by atoms with Crippen molar-refractivity contribution < 1.29 is 4.79 Å². The highest BCUT2D eigenvalue weighted by Crippen LogP contribution is 2.31. The number of hydrogen-bond donors (Lipinski definition) is 0. The second-order valence-electron chi connectivity index (χ2n) is 8.30. The van der Waals surface area contributed by atoms with E-state index >= 15 is 0 Å². The monoisotopic (exact) mass is 428 g/mol. The summed E-state index contributed by atoms with van der Waals surface area (Å²) < 4.78 is 4.48. The molecule has 0 atom stereocenters. The summed E-state index contributed by atoms with van der Waals surface area (Å²) in [5.41, 5.74) is 1.19. The van der Waals surface area contributed by atoms with Crippen LogP contribution in [0.15, 0.2) is 76.6 Å². The minimum atomic E-state index is -0.521. The van der Waals surface area contributed by atoms with E-state index in [1.165, 1.54) is 4.57 Å². The van der Waals surface area contributed by atoms with Gasteiger partial charge < -0.3 is 4.57 Å². The first kappa shape index (κ1) is 20.2. The van der Waals surface area contributed by atoms with Crippen molar-refractivity contribution in [3.05, 3.63) is 99.0 Å². The molecule has 0 radical (unpaired) electrons. The molecule has 2 heterocycles. The van der Waals surface area contributed by atoms with E-state index in [-0.39, 0.29) is 24.9 Å². The molecule has 1 saturated carbocycles. The molecule has 0 aliphatic heterocycles. The van der Waals surface area contributed by atoms with E-state index in [1.807, 2.05) is 41.0 Å². The first-order valence-corrected chi connectivity index (χ1v) is 11.0. The molecule has 1 aliphatic carbocycles. The zero-order valence-corrected chi connectivity index (χ0v) is 17.7. The number of carbonyl (C=O) groups excluding carboxylic acids is 1. The molecular weight excluding hydrogens is 404 g/mol. The predicted molar refractivity (Wildman–Crippen MR) is 122 cm³/mol. The van der Waals surface area contributed by atoms with Gasteiger partial charge in [-0.2, -0.15) is 0 Å². The normalized spacial score (nSPS) is 14.2. The lowest BCUT2D eigenvalue weighted by molar-refractivity contribution is 0.0969. The molecule has 2 aromatic carbocycles. The van der Waals surface area contributed by atoms with E-state index in [4.69, 9.17) is 0 Å². The summed E-state index contributed by atoms with van der Waals surface area (Å²) in [7, 11) is 0. The van der Waals surface area contributed by atoms with Crippen molar-refractivity contribution in [2.24, 2.45) is 0 Å². The average Bonchev–Trinajstić information content (AvgIpc) is 3.51. The number of fused-ring (bicyclic) bond motifs is 1. The second-order valence-corrected chi connectivity index (χ2v) is 8.30. The lowest BCUT2D eigenvalue weighted by atomic mass is 10.1. The lowest BCUT2D eigenvalue weighted by Crippen LogP contribution is -2.42. The highest BCUT2D eigenvalue weighted by atomic mass is 16.2. The van der Waals surface area contributed by atoms with Crippen molar-refractivity contribution in [3.8, 4) is 0 Å². The van der Waals surface area contributed by atoms with Gasteiger partial charge in [-0.25, -0.2) is 9.78 Å². The van der Waals surface area contributed by atoms with Gasteiger partial charge in [0.25, 0.3) is 5.56 Å². The molecule has 0 N–H and O–H groups in total. The smallest absolute Gasteiger partial charge is 0.322 e. The number of nitrogens with zero attached hydrogens (tertiary/aromatic N) is 4. The predicted octanol–water partition coefficient (Wildman–Crippen LogP) is 3.41. The fourth-order valence-electron chi connectivity index (χ4n) is 4.57. The van der Waals surface area contributed by atoms with E-state index in [0.29, 0.717) is 16.7 Å². The Kier molecular flexibility index (Phi) is 5.31. The summed E-state index contributed by atoms with van der Waals surface area (Å²) in [6, 6.07) is 18.5. The van der Waals surface area contributed by atoms with Crippen molar-refractivity contribution in [3.63, 3.8) is 0 Å². The molecule has 7 heteroatoms. The van der Waals surface area contributed by atoms with Gasteiger partial charge in [0.15, 0.2) is 16.9 Å². The van der Waals surface area contributed by atoms with Crippen LogP contribution in [0.3, 0.4) is 0 Å². The zero-order valence-electron chi connectivity index (χ0n) is 17.7. The number of aromatic nitrogens is 4. The lowest BCUT2D eigenvalue weighted by Gasteiger charge is -2.15. The van der Waals surface area contributed by atoms with Crippen LogP contribution in [-0.2, 0) is 13.1 Å². The molecule has 2 aromatic heterocycles. The maximum Gasteiger partial charge on any atom is 0.333 e. The zero-order chi connectivity index (χ0) is 22.1. The Labute approximate surface area is 184 Å². The van der Waals surface area contributed by atoms with Gasteiger partial charge in [0, 0.05) is 11.6 Å². The molecule has 4 aromatic rings. The third-order valence-electron chi connectivity index (χ3n) is 6.24. The van der Waals surface area contributed by atoms with Crippen LogP contribution in [0.1, 0.15) is 47.6 Å². The van der Waals surface area contributed by atoms with Gasteiger partial charge >= 0.3 is 5.69 Å². The molecule has 0 amide bonds. The third kappa shape index (κ3) is 3.60. The quantitative estimate of drug-likeness (QED) is 0.441. The van der Waals surface area contributed by atoms with E-state index in [0.717, 1.165) is 35.8 Å². The van der Waals surface area contributed by atoms with Crippen molar-refractivity contribution >= 4 is 16.9 Å². The highest BCUT2D eigenvalue weighted by Gasteiger charge is 2.25. The summed E-state index contributed by atoms with van der Waals surface area (Å²) in [5.74, 6) is -0.276. The fraction of sp³-hybridized carbons (Fsp3) is 0.280. The van der Waals surface area contributed by atoms with Gasteiger partial charge in [-0.05, 0) is 18.4 Å². The minimum absolute atomic E-state index is 0.189. The summed E-state index contributed by atoms with van der Waals surface area (Å²) in [4.78, 5) is 44.3. The maximum absolute atomic E-state index is 13.5. The van der Waals surface area contributed by atoms with Crippen LogP contribution >= 0.6 is 0 Å². The summed E-state index contributed by atoms with van der Waals surface area (Å²) >= 11 is 0. The average molecular weight is 428 g/mol. The number of ketones is 1. The number of imidazole rings is 1. The second kappa shape index (κ2) is 8.42. The molecule has 0 bridgehead atoms. The van der Waals surface area contributed by atoms with Crippen LogP contribution < -0.4 is 11.2 Å². The van der Waals surface area contributed by atoms with Crippen LogP contribution in [0.25, 0.3) is 11.2 Å². The van der Waals surface area contributed by atoms with Gasteiger partial charge in [0.05, 0.1) is 19.4 Å². The Hall–Kier alpha value is -3.74. The summed E-state index contributed by atoms with van der Waals surface area (Å²) in [6.07, 6.45) is 5.84. The fourth-order valence-corrected chi connectivity index (χ4v) is 4.57. The number of carbonyl (C=O) groups is 1. The molecule has 1 fully saturated rings. The molecular formula is C25H24N4O3. The van der Waals surface area contributed by atoms with E-state index in [2.05, 4.69) is 4.98 Å². The van der Waals surface area contributed by atoms with Gasteiger partial charge in [0.1, 0.15) is 0 Å². The van der Waals surface area contributed by atoms with Crippen LogP contribution in [0.2, 0.25) is 0 Å². The number of rotatable bonds is 6. The molecule has 0 unspecified atom stereocenters. The van der Waals surface area contributed by atoms with Crippen molar-refractivity contribution in [2.45, 2.75) is 44.8 Å². The summed E-state index contributed by atoms with van der Waals surface area (Å²) in [5, 5.41) is 0. The van der Waals surface area contributed by atoms with Crippen molar-refractivity contribution in [2.75, 3.05) is 0 Å². The molecule has 0 spiro atoms. The minimum Gasteiger partial charge on any atom is -0.322 e. The standard InChI is InChI=1S/C25H24N4O3/c30-21(19-11-5-2-6-12-19)16-28-24(31)22-23(26-17-29(22)20-13-7-8-14-20)27(25(28)32)15-18-9-3-1-4-10-18/h1-6,9-12,17,20H,7-8,13-16H2. The highest BCUT2D eigenvalue weighted by molar-refractivity contribution is 5.95. The summed E-state index contributed by atoms with van der Waals surface area (Å²) in [6.45, 7) is -0.0279. The van der Waals surface area contributed by atoms with Gasteiger partial charge in [-0.1, -0.05) is 73.5 Å². The van der Waals surface area contributed by atoms with E-state index in [9.17, 15) is 14.4 Å². The van der Waals surface area contributed by atoms with Gasteiger partial charge in [-0.15, -0.1) is 0 Å². The number of Topliss-reactive ketones (excluding diaryl/α,β-unsaturated/α-hetero) is 1. The molecule has 5 rings (SSSR count). The Morgan fingerprint density at radius 3 is 2.25 bits per heavy atom. The Balaban J connectivity index is 1.68. The largest absolute Gasteiger partial charge is 0.333 e. The van der Waals surface area contributed by atoms with E-state index in [1.54, 1.807) is 30.6 Å². The van der Waals surface area contributed by atoms with Gasteiger partial charge in [-0.3, -0.25) is 18.7 Å². The first-order chi connectivity index (χ1) is 15.6. The van der Waals surface area contributed by atoms with Crippen LogP contribution in [0.5, 0.6) is 0 Å². The van der Waals surface area contributed by atoms with Crippen molar-refractivity contribution in [1.29, 1.82) is 0 Å². The number of benzene rings is 2. The SMILES string of the molecule is O=C(Cn1c(=O)c2c(ncn2C2CCCC2)n(Cc2ccccc2)c1=O)c1ccccc1. The van der Waals surface area contributed by atoms with Gasteiger partial charge in [0.2, 0.25) is 0 Å². The topological polar surface area (TPSA) is 78.9 Å². The Bertz CT molecular complexity index is 1380. The Morgan fingerprint density at radius 2 is 1.56 bits per heavy atom. The molecule has 1 aliphatic rings. The molecule has 162 valence electrons. The van der Waals surface area contributed by atoms with Crippen LogP contribution in [0, 0.1) is 0 Å². The maximum atomic E-state index is 13.5. The Morgan fingerprint density at radius 1 is 0.906 bits per heavy atom. The molecule has 0 saturated heterocycles. The van der Waals surface area contributed by atoms with Crippen LogP contribution in [0.4, 0.5) is 0 Å². The van der Waals surface area contributed by atoms with Crippen LogP contribution in [-0.4, -0.2) is 24.5 Å². The molecule has 7 nitrogen and oxygen atoms in total. The third-order valence-corrected chi connectivity index (χ3v) is 6.24. The van der Waals surface area contributed by atoms with Crippen molar-refractivity contribution in [1.82, 2.24) is 18.7 Å². The number of hydrogen-bond acceptors (Lipinski definition) is 4. The van der Waals surface area contributed by atoms with E-state index < -0.39 is 11.2 Å². The molecule has 32 heavy (non-hydrogen) atoms. The first-order valence-electron chi connectivity index (χ1n) is 11.0.